The van der Waals surface area contributed by atoms with E-state index in [1.165, 1.54) is 6.07 Å². The summed E-state index contributed by atoms with van der Waals surface area (Å²) in [5.41, 5.74) is 2.38. The average molecular weight is 537 g/mol. The number of anilines is 2. The lowest BCUT2D eigenvalue weighted by Crippen LogP contribution is -2.46. The van der Waals surface area contributed by atoms with Gasteiger partial charge in [0.25, 0.3) is 5.91 Å². The second kappa shape index (κ2) is 9.83. The number of nitrogens with one attached hydrogen (secondary N) is 2. The lowest BCUT2D eigenvalue weighted by Gasteiger charge is -2.34. The van der Waals surface area contributed by atoms with Crippen molar-refractivity contribution >= 4 is 40.1 Å². The van der Waals surface area contributed by atoms with Crippen LogP contribution in [0, 0.1) is 19.7 Å². The second-order valence-corrected chi connectivity index (χ2v) is 11.0. The maximum absolute atomic E-state index is 15.6. The van der Waals surface area contributed by atoms with E-state index in [9.17, 15) is 9.59 Å². The molecule has 1 aliphatic rings. The van der Waals surface area contributed by atoms with Gasteiger partial charge in [0.1, 0.15) is 22.5 Å². The van der Waals surface area contributed by atoms with E-state index in [0.29, 0.717) is 48.5 Å². The van der Waals surface area contributed by atoms with E-state index in [-0.39, 0.29) is 17.1 Å². The van der Waals surface area contributed by atoms with Crippen LogP contribution < -0.4 is 15.5 Å². The molecule has 2 N–H and O–H groups in total. The van der Waals surface area contributed by atoms with E-state index in [2.05, 4.69) is 30.6 Å². The van der Waals surface area contributed by atoms with Gasteiger partial charge < -0.3 is 24.7 Å². The van der Waals surface area contributed by atoms with Gasteiger partial charge in [-0.25, -0.2) is 14.2 Å². The summed E-state index contributed by atoms with van der Waals surface area (Å²) in [7, 11) is 1.74. The van der Waals surface area contributed by atoms with Crippen LogP contribution in [0.5, 0.6) is 0 Å². The molecule has 12 heteroatoms. The molecule has 0 atom stereocenters. The van der Waals surface area contributed by atoms with Gasteiger partial charge in [0.2, 0.25) is 0 Å². The number of halogens is 1. The van der Waals surface area contributed by atoms with Gasteiger partial charge in [0.05, 0.1) is 23.3 Å². The summed E-state index contributed by atoms with van der Waals surface area (Å²) >= 11 is 0. The van der Waals surface area contributed by atoms with Crippen LogP contribution in [0.3, 0.4) is 0 Å². The van der Waals surface area contributed by atoms with Crippen molar-refractivity contribution in [3.05, 3.63) is 47.4 Å². The summed E-state index contributed by atoms with van der Waals surface area (Å²) in [4.78, 5) is 36.3. The van der Waals surface area contributed by atoms with Crippen molar-refractivity contribution in [3.8, 4) is 0 Å². The van der Waals surface area contributed by atoms with Crippen LogP contribution >= 0.6 is 0 Å². The summed E-state index contributed by atoms with van der Waals surface area (Å²) in [6.07, 6.45) is 6.17. The number of benzene rings is 1. The molecule has 1 aromatic carbocycles. The van der Waals surface area contributed by atoms with Crippen molar-refractivity contribution in [2.24, 2.45) is 7.05 Å². The van der Waals surface area contributed by atoms with Crippen LogP contribution in [0.4, 0.5) is 20.7 Å². The molecule has 5 rings (SSSR count). The number of piperidine rings is 1. The molecular weight excluding hydrogens is 503 g/mol. The predicted octanol–water partition coefficient (Wildman–Crippen LogP) is 4.12. The third-order valence-electron chi connectivity index (χ3n) is 6.59. The molecule has 11 nitrogen and oxygen atoms in total. The Balaban J connectivity index is 1.36. The molecule has 2 amide bonds. The Morgan fingerprint density at radius 2 is 1.82 bits per heavy atom. The number of hydrogen-bond acceptors (Lipinski definition) is 7. The lowest BCUT2D eigenvalue weighted by molar-refractivity contribution is 0.0497. The highest BCUT2D eigenvalue weighted by atomic mass is 19.1. The van der Waals surface area contributed by atoms with Crippen molar-refractivity contribution in [2.45, 2.75) is 59.1 Å². The number of carbonyl (C=O) groups excluding carboxylic acids is 2. The number of fused-ring (bicyclic) bond motifs is 2. The summed E-state index contributed by atoms with van der Waals surface area (Å²) in [5.74, 6) is -1.00. The predicted molar refractivity (Wildman–Crippen MR) is 146 cm³/mol. The zero-order valence-electron chi connectivity index (χ0n) is 23.0. The van der Waals surface area contributed by atoms with Crippen molar-refractivity contribution in [1.29, 1.82) is 0 Å². The number of hydrogen-bond donors (Lipinski definition) is 2. The van der Waals surface area contributed by atoms with Gasteiger partial charge >= 0.3 is 6.09 Å². The standard InChI is InChI=1S/C27H33FN8O3/c1-15-12-36-14-21(31-24(36)16(2)29-15)32-25(37)22-19(28)11-20(18-13-34(6)33-23(18)22)35-9-7-17(8-10-35)30-26(38)39-27(3,4)5/h11-14,17H,7-10H2,1-6H3,(H,30,38)(H,32,37). The minimum absolute atomic E-state index is 0.0385. The minimum atomic E-state index is -0.667. The number of alkyl carbamates (subject to hydrolysis) is 1. The number of rotatable bonds is 4. The molecule has 39 heavy (non-hydrogen) atoms. The molecule has 0 unspecified atom stereocenters. The molecule has 0 aliphatic carbocycles. The van der Waals surface area contributed by atoms with Crippen LogP contribution in [0.2, 0.25) is 0 Å². The van der Waals surface area contributed by atoms with Crippen LogP contribution in [0.15, 0.2) is 24.7 Å². The molecule has 0 saturated carbocycles. The van der Waals surface area contributed by atoms with Gasteiger partial charge in [0.15, 0.2) is 11.5 Å². The van der Waals surface area contributed by atoms with E-state index >= 15 is 4.39 Å². The first kappa shape index (κ1) is 26.4. The van der Waals surface area contributed by atoms with Gasteiger partial charge in [-0.2, -0.15) is 5.10 Å². The molecule has 1 aliphatic heterocycles. The van der Waals surface area contributed by atoms with E-state index in [4.69, 9.17) is 4.74 Å². The molecule has 1 fully saturated rings. The van der Waals surface area contributed by atoms with Crippen LogP contribution in [-0.4, -0.2) is 60.9 Å². The number of amides is 2. The van der Waals surface area contributed by atoms with Gasteiger partial charge in [-0.15, -0.1) is 0 Å². The summed E-state index contributed by atoms with van der Waals surface area (Å²) in [6.45, 7) is 10.4. The van der Waals surface area contributed by atoms with E-state index in [1.807, 2.05) is 40.8 Å². The molecule has 4 heterocycles. The number of ether oxygens (including phenoxy) is 1. The maximum atomic E-state index is 15.6. The fraction of sp³-hybridized carbons (Fsp3) is 0.444. The minimum Gasteiger partial charge on any atom is -0.444 e. The highest BCUT2D eigenvalue weighted by Crippen LogP contribution is 2.33. The Kier molecular flexibility index (Phi) is 6.65. The Labute approximate surface area is 225 Å². The van der Waals surface area contributed by atoms with Crippen molar-refractivity contribution < 1.29 is 18.7 Å². The van der Waals surface area contributed by atoms with Crippen LogP contribution in [0.1, 0.15) is 55.4 Å². The second-order valence-electron chi connectivity index (χ2n) is 11.0. The van der Waals surface area contributed by atoms with Crippen LogP contribution in [-0.2, 0) is 11.8 Å². The van der Waals surface area contributed by atoms with Gasteiger partial charge in [-0.05, 0) is 53.5 Å². The number of carbonyl (C=O) groups is 2. The smallest absolute Gasteiger partial charge is 0.407 e. The number of aromatic nitrogens is 5. The van der Waals surface area contributed by atoms with Crippen molar-refractivity contribution in [2.75, 3.05) is 23.3 Å². The highest BCUT2D eigenvalue weighted by molar-refractivity contribution is 6.14. The average Bonchev–Trinajstić information content (AvgIpc) is 3.40. The molecular formula is C27H33FN8O3. The topological polar surface area (TPSA) is 119 Å². The Hall–Kier alpha value is -4.22. The monoisotopic (exact) mass is 536 g/mol. The van der Waals surface area contributed by atoms with E-state index in [0.717, 1.165) is 11.4 Å². The van der Waals surface area contributed by atoms with Crippen molar-refractivity contribution in [3.63, 3.8) is 0 Å². The number of nitrogens with zero attached hydrogens (tertiary/aromatic N) is 6. The molecule has 206 valence electrons. The van der Waals surface area contributed by atoms with Crippen LogP contribution in [0.25, 0.3) is 16.6 Å². The first-order chi connectivity index (χ1) is 18.4. The molecule has 0 radical (unpaired) electrons. The van der Waals surface area contributed by atoms with Gasteiger partial charge in [0, 0.05) is 44.0 Å². The third kappa shape index (κ3) is 5.50. The van der Waals surface area contributed by atoms with E-state index in [1.54, 1.807) is 28.5 Å². The molecule has 1 saturated heterocycles. The maximum Gasteiger partial charge on any atom is 0.407 e. The fourth-order valence-corrected chi connectivity index (χ4v) is 5.00. The number of aryl methyl sites for hydroxylation is 3. The molecule has 4 aromatic rings. The molecule has 0 bridgehead atoms. The Morgan fingerprint density at radius 1 is 1.10 bits per heavy atom. The quantitative estimate of drug-likeness (QED) is 0.403. The normalized spacial score (nSPS) is 14.7. The SMILES string of the molecule is Cc1cn2cc(NC(=O)c3c(F)cc(N4CCC(NC(=O)OC(C)(C)C)CC4)c4cn(C)nc34)nc2c(C)n1. The van der Waals surface area contributed by atoms with E-state index < -0.39 is 23.4 Å². The van der Waals surface area contributed by atoms with Crippen molar-refractivity contribution in [1.82, 2.24) is 29.5 Å². The Morgan fingerprint density at radius 3 is 2.51 bits per heavy atom. The van der Waals surface area contributed by atoms with Gasteiger partial charge in [-0.3, -0.25) is 14.5 Å². The third-order valence-corrected chi connectivity index (χ3v) is 6.59. The summed E-state index contributed by atoms with van der Waals surface area (Å²) in [5, 5.41) is 10.7. The first-order valence-electron chi connectivity index (χ1n) is 12.9. The molecule has 3 aromatic heterocycles. The zero-order chi connectivity index (χ0) is 28.1. The van der Waals surface area contributed by atoms with Gasteiger partial charge in [-0.1, -0.05) is 0 Å². The first-order valence-corrected chi connectivity index (χ1v) is 12.9. The zero-order valence-corrected chi connectivity index (χ0v) is 23.0. The largest absolute Gasteiger partial charge is 0.444 e. The fourth-order valence-electron chi connectivity index (χ4n) is 5.00. The summed E-state index contributed by atoms with van der Waals surface area (Å²) in [6, 6.07) is 1.35. The highest BCUT2D eigenvalue weighted by Gasteiger charge is 2.28. The summed E-state index contributed by atoms with van der Waals surface area (Å²) < 4.78 is 24.3. The number of imidazole rings is 1. The Bertz CT molecular complexity index is 1580. The molecule has 0 spiro atoms. The lowest BCUT2D eigenvalue weighted by atomic mass is 10.0.